The summed E-state index contributed by atoms with van der Waals surface area (Å²) in [5.41, 5.74) is 1.15. The number of guanidine groups is 1. The predicted molar refractivity (Wildman–Crippen MR) is 68.4 cm³/mol. The fraction of sp³-hybridized carbons (Fsp3) is 0.364. The maximum Gasteiger partial charge on any atom is 0.217 e. The number of aryl methyl sites for hydroxylation is 1. The summed E-state index contributed by atoms with van der Waals surface area (Å²) in [5, 5.41) is 6.22. The maximum atomic E-state index is 4.23. The molecule has 0 radical (unpaired) electrons. The van der Waals surface area contributed by atoms with Crippen LogP contribution in [0.4, 0.5) is 5.82 Å². The summed E-state index contributed by atoms with van der Waals surface area (Å²) in [6.07, 6.45) is 1.83. The van der Waals surface area contributed by atoms with Gasteiger partial charge in [0.1, 0.15) is 5.82 Å². The van der Waals surface area contributed by atoms with Crippen molar-refractivity contribution in [2.24, 2.45) is 9.98 Å². The Labute approximate surface area is 95.7 Å². The lowest BCUT2D eigenvalue weighted by atomic mass is 10.3. The lowest BCUT2D eigenvalue weighted by Crippen LogP contribution is -2.27. The topological polar surface area (TPSA) is 61.7 Å². The van der Waals surface area contributed by atoms with Gasteiger partial charge in [0.05, 0.1) is 0 Å². The van der Waals surface area contributed by atoms with Crippen molar-refractivity contribution < 1.29 is 0 Å². The number of anilines is 1. The van der Waals surface area contributed by atoms with Crippen LogP contribution in [0.5, 0.6) is 0 Å². The van der Waals surface area contributed by atoms with Crippen molar-refractivity contribution in [3.8, 4) is 0 Å². The molecule has 1 heterocycles. The second kappa shape index (κ2) is 6.55. The molecule has 0 spiro atoms. The molecule has 0 aromatic carbocycles. The molecule has 16 heavy (non-hydrogen) atoms. The fourth-order valence-electron chi connectivity index (χ4n) is 1.14. The summed E-state index contributed by atoms with van der Waals surface area (Å²) in [5.74, 6) is 1.42. The zero-order chi connectivity index (χ0) is 11.8. The molecule has 0 amide bonds. The van der Waals surface area contributed by atoms with Crippen molar-refractivity contribution >= 4 is 18.5 Å². The third-order valence-electron chi connectivity index (χ3n) is 1.99. The fourth-order valence-corrected chi connectivity index (χ4v) is 1.14. The van der Waals surface area contributed by atoms with Gasteiger partial charge < -0.3 is 10.6 Å². The minimum atomic E-state index is 0.554. The molecular weight excluding hydrogens is 202 g/mol. The Hall–Kier alpha value is -1.91. The van der Waals surface area contributed by atoms with Gasteiger partial charge in [-0.1, -0.05) is 6.07 Å². The summed E-state index contributed by atoms with van der Waals surface area (Å²) < 4.78 is 0. The summed E-state index contributed by atoms with van der Waals surface area (Å²) in [4.78, 5) is 11.8. The van der Waals surface area contributed by atoms with Gasteiger partial charge in [0.25, 0.3) is 0 Å². The molecule has 0 unspecified atom stereocenters. The van der Waals surface area contributed by atoms with E-state index < -0.39 is 0 Å². The summed E-state index contributed by atoms with van der Waals surface area (Å²) in [6.45, 7) is 6.89. The molecule has 1 aromatic heterocycles. The first kappa shape index (κ1) is 12.2. The van der Waals surface area contributed by atoms with E-state index >= 15 is 0 Å². The second-order valence-corrected chi connectivity index (χ2v) is 3.28. The molecule has 0 atom stereocenters. The first-order valence-electron chi connectivity index (χ1n) is 5.10. The number of aliphatic imine (C=N–C) groups is 2. The van der Waals surface area contributed by atoms with E-state index in [1.165, 1.54) is 0 Å². The van der Waals surface area contributed by atoms with Gasteiger partial charge in [0, 0.05) is 26.3 Å². The van der Waals surface area contributed by atoms with E-state index in [0.717, 1.165) is 24.5 Å². The van der Waals surface area contributed by atoms with Gasteiger partial charge in [-0.3, -0.25) is 4.99 Å². The van der Waals surface area contributed by atoms with E-state index in [1.54, 1.807) is 7.05 Å². The molecule has 1 aromatic rings. The van der Waals surface area contributed by atoms with Crippen LogP contribution >= 0.6 is 0 Å². The Bertz CT molecular complexity index is 355. The molecule has 0 aliphatic heterocycles. The first-order valence-corrected chi connectivity index (χ1v) is 5.10. The van der Waals surface area contributed by atoms with Crippen molar-refractivity contribution in [2.45, 2.75) is 6.92 Å². The molecule has 2 N–H and O–H groups in total. The predicted octanol–water partition coefficient (Wildman–Crippen LogP) is 1.08. The van der Waals surface area contributed by atoms with E-state index in [2.05, 4.69) is 32.3 Å². The number of aromatic nitrogens is 1. The highest BCUT2D eigenvalue weighted by Crippen LogP contribution is 2.02. The van der Waals surface area contributed by atoms with Crippen molar-refractivity contribution in [3.05, 3.63) is 23.9 Å². The average Bonchev–Trinajstić information content (AvgIpc) is 2.32. The molecule has 0 saturated carbocycles. The van der Waals surface area contributed by atoms with Crippen LogP contribution < -0.4 is 10.6 Å². The molecule has 86 valence electrons. The molecule has 0 fully saturated rings. The van der Waals surface area contributed by atoms with Crippen LogP contribution in [0.2, 0.25) is 0 Å². The van der Waals surface area contributed by atoms with Gasteiger partial charge in [0.2, 0.25) is 5.96 Å². The van der Waals surface area contributed by atoms with Crippen LogP contribution in [0, 0.1) is 6.92 Å². The van der Waals surface area contributed by atoms with Gasteiger partial charge in [0.15, 0.2) is 0 Å². The largest absolute Gasteiger partial charge is 0.368 e. The zero-order valence-corrected chi connectivity index (χ0v) is 9.70. The molecule has 0 aliphatic rings. The lowest BCUT2D eigenvalue weighted by Gasteiger charge is -2.07. The lowest BCUT2D eigenvalue weighted by molar-refractivity contribution is 0.892. The highest BCUT2D eigenvalue weighted by molar-refractivity contribution is 5.83. The number of rotatable bonds is 4. The van der Waals surface area contributed by atoms with Crippen LogP contribution in [0.1, 0.15) is 5.56 Å². The Morgan fingerprint density at radius 2 is 2.25 bits per heavy atom. The number of hydrogen-bond donors (Lipinski definition) is 2. The molecule has 5 heteroatoms. The summed E-state index contributed by atoms with van der Waals surface area (Å²) in [6, 6.07) is 3.98. The average molecular weight is 219 g/mol. The molecule has 0 bridgehead atoms. The molecular formula is C11H17N5. The maximum absolute atomic E-state index is 4.23. The normalized spacial score (nSPS) is 11.0. The van der Waals surface area contributed by atoms with E-state index in [9.17, 15) is 0 Å². The highest BCUT2D eigenvalue weighted by Gasteiger charge is 1.94. The highest BCUT2D eigenvalue weighted by atomic mass is 15.1. The smallest absolute Gasteiger partial charge is 0.217 e. The van der Waals surface area contributed by atoms with Crippen LogP contribution in [0.15, 0.2) is 28.3 Å². The minimum absolute atomic E-state index is 0.554. The zero-order valence-electron chi connectivity index (χ0n) is 9.70. The van der Waals surface area contributed by atoms with Gasteiger partial charge in [-0.15, -0.1) is 0 Å². The van der Waals surface area contributed by atoms with Crippen molar-refractivity contribution in [3.63, 3.8) is 0 Å². The van der Waals surface area contributed by atoms with Crippen molar-refractivity contribution in [1.29, 1.82) is 0 Å². The monoisotopic (exact) mass is 219 g/mol. The number of hydrogen-bond acceptors (Lipinski definition) is 3. The third-order valence-corrected chi connectivity index (χ3v) is 1.99. The minimum Gasteiger partial charge on any atom is -0.368 e. The quantitative estimate of drug-likeness (QED) is 0.452. The Morgan fingerprint density at radius 1 is 1.44 bits per heavy atom. The van der Waals surface area contributed by atoms with Crippen LogP contribution in [0.3, 0.4) is 0 Å². The first-order chi connectivity index (χ1) is 7.76. The van der Waals surface area contributed by atoms with E-state index in [-0.39, 0.29) is 0 Å². The van der Waals surface area contributed by atoms with Gasteiger partial charge in [-0.25, -0.2) is 9.98 Å². The third kappa shape index (κ3) is 4.08. The summed E-state index contributed by atoms with van der Waals surface area (Å²) in [7, 11) is 1.67. The summed E-state index contributed by atoms with van der Waals surface area (Å²) >= 11 is 0. The van der Waals surface area contributed by atoms with Gasteiger partial charge in [-0.05, 0) is 25.3 Å². The molecule has 0 aliphatic carbocycles. The molecule has 0 saturated heterocycles. The number of pyridine rings is 1. The van der Waals surface area contributed by atoms with E-state index in [4.69, 9.17) is 0 Å². The Morgan fingerprint density at radius 3 is 2.81 bits per heavy atom. The molecule has 5 nitrogen and oxygen atoms in total. The van der Waals surface area contributed by atoms with Gasteiger partial charge in [-0.2, -0.15) is 0 Å². The van der Waals surface area contributed by atoms with Crippen molar-refractivity contribution in [2.75, 3.05) is 25.5 Å². The number of nitrogens with zero attached hydrogens (tertiary/aromatic N) is 3. The Balaban J connectivity index is 2.26. The molecule has 1 rings (SSSR count). The van der Waals surface area contributed by atoms with Crippen molar-refractivity contribution in [1.82, 2.24) is 10.3 Å². The van der Waals surface area contributed by atoms with Crippen LogP contribution in [-0.2, 0) is 0 Å². The van der Waals surface area contributed by atoms with E-state index in [0.29, 0.717) is 5.96 Å². The second-order valence-electron chi connectivity index (χ2n) is 3.28. The van der Waals surface area contributed by atoms with Gasteiger partial charge >= 0.3 is 0 Å². The standard InChI is InChI=1S/C11H17N5/c1-9-4-5-10(16-8-9)14-6-7-15-11(12-2)13-3/h4-5,8H,2,6-7H2,1,3H3,(H,13,15)(H,14,16). The SMILES string of the molecule is C=NC(=NC)NCCNc1ccc(C)cn1. The Kier molecular flexibility index (Phi) is 4.98. The van der Waals surface area contributed by atoms with Crippen LogP contribution in [0.25, 0.3) is 0 Å². The van der Waals surface area contributed by atoms with Crippen LogP contribution in [-0.4, -0.2) is 37.8 Å². The number of nitrogens with one attached hydrogen (secondary N) is 2. The van der Waals surface area contributed by atoms with E-state index in [1.807, 2.05) is 25.3 Å².